The predicted octanol–water partition coefficient (Wildman–Crippen LogP) is 4.29. The van der Waals surface area contributed by atoms with Crippen LogP contribution in [0.15, 0.2) is 91.0 Å². The molecule has 0 unspecified atom stereocenters. The summed E-state index contributed by atoms with van der Waals surface area (Å²) >= 11 is 0. The lowest BCUT2D eigenvalue weighted by molar-refractivity contribution is -0.208. The first-order valence-electron chi connectivity index (χ1n) is 14.6. The first-order chi connectivity index (χ1) is 21.9. The van der Waals surface area contributed by atoms with Crippen molar-refractivity contribution in [1.29, 1.82) is 0 Å². The summed E-state index contributed by atoms with van der Waals surface area (Å²) in [6, 6.07) is 28.1. The maximum Gasteiger partial charge on any atom is 0.303 e. The fraction of sp³-hybridized carbons (Fsp3) is 0.343. The largest absolute Gasteiger partial charge is 0.462 e. The number of carbonyl (C=O) groups excluding carboxylic acids is 5. The molecule has 11 nitrogen and oxygen atoms in total. The molecule has 11 heteroatoms. The van der Waals surface area contributed by atoms with Crippen LogP contribution in [0.3, 0.4) is 0 Å². The van der Waals surface area contributed by atoms with Gasteiger partial charge >= 0.3 is 29.8 Å². The molecule has 0 radical (unpaired) electrons. The van der Waals surface area contributed by atoms with Gasteiger partial charge in [0.15, 0.2) is 24.4 Å². The highest BCUT2D eigenvalue weighted by molar-refractivity contribution is 5.69. The molecule has 244 valence electrons. The molecule has 3 aromatic carbocycles. The van der Waals surface area contributed by atoms with Gasteiger partial charge in [-0.1, -0.05) is 91.0 Å². The summed E-state index contributed by atoms with van der Waals surface area (Å²) in [7, 11) is 0. The summed E-state index contributed by atoms with van der Waals surface area (Å²) < 4.78 is 34.1. The van der Waals surface area contributed by atoms with Gasteiger partial charge in [0.1, 0.15) is 12.2 Å². The summed E-state index contributed by atoms with van der Waals surface area (Å²) in [6.07, 6.45) is -6.03. The zero-order chi connectivity index (χ0) is 33.7. The molecule has 0 aliphatic heterocycles. The van der Waals surface area contributed by atoms with Gasteiger partial charge in [-0.2, -0.15) is 0 Å². The van der Waals surface area contributed by atoms with Crippen molar-refractivity contribution in [2.24, 2.45) is 0 Å². The molecule has 46 heavy (non-hydrogen) atoms. The van der Waals surface area contributed by atoms with E-state index < -0.39 is 73.1 Å². The van der Waals surface area contributed by atoms with E-state index in [9.17, 15) is 24.0 Å². The molecule has 3 aromatic rings. The lowest BCUT2D eigenvalue weighted by atomic mass is 9.80. The molecule has 0 aliphatic carbocycles. The topological polar surface area (TPSA) is 141 Å². The number of esters is 5. The highest BCUT2D eigenvalue weighted by Crippen LogP contribution is 2.41. The van der Waals surface area contributed by atoms with Crippen molar-refractivity contribution >= 4 is 29.8 Å². The summed E-state index contributed by atoms with van der Waals surface area (Å²) in [5, 5.41) is 0. The van der Waals surface area contributed by atoms with Crippen LogP contribution in [0.4, 0.5) is 0 Å². The number of ether oxygens (including phenoxy) is 6. The van der Waals surface area contributed by atoms with Crippen LogP contribution in [0, 0.1) is 0 Å². The summed E-state index contributed by atoms with van der Waals surface area (Å²) in [4.78, 5) is 61.1. The summed E-state index contributed by atoms with van der Waals surface area (Å²) in [5.74, 6) is -3.93. The first-order valence-corrected chi connectivity index (χ1v) is 14.6. The number of carbonyl (C=O) groups is 5. The second-order valence-electron chi connectivity index (χ2n) is 10.3. The van der Waals surface area contributed by atoms with Crippen molar-refractivity contribution in [3.8, 4) is 0 Å². The molecule has 4 atom stereocenters. The van der Waals surface area contributed by atoms with E-state index >= 15 is 0 Å². The Bertz CT molecular complexity index is 1360. The van der Waals surface area contributed by atoms with Gasteiger partial charge in [-0.25, -0.2) is 0 Å². The molecular formula is C35H38O11. The van der Waals surface area contributed by atoms with Gasteiger partial charge in [0.05, 0.1) is 6.61 Å². The number of hydrogen-bond donors (Lipinski definition) is 0. The first kappa shape index (κ1) is 35.4. The highest BCUT2D eigenvalue weighted by Gasteiger charge is 2.46. The van der Waals surface area contributed by atoms with Crippen molar-refractivity contribution in [3.63, 3.8) is 0 Å². The van der Waals surface area contributed by atoms with Gasteiger partial charge in [-0.05, 0) is 16.7 Å². The van der Waals surface area contributed by atoms with E-state index in [1.165, 1.54) is 0 Å². The van der Waals surface area contributed by atoms with Crippen molar-refractivity contribution in [2.45, 2.75) is 64.6 Å². The lowest BCUT2D eigenvalue weighted by Crippen LogP contribution is -2.54. The Kier molecular flexibility index (Phi) is 13.0. The summed E-state index contributed by atoms with van der Waals surface area (Å²) in [5.41, 5.74) is 0.944. The van der Waals surface area contributed by atoms with Crippen molar-refractivity contribution in [2.75, 3.05) is 13.2 Å². The van der Waals surface area contributed by atoms with Crippen LogP contribution in [0.5, 0.6) is 0 Å². The Balaban J connectivity index is 2.20. The molecule has 0 saturated heterocycles. The van der Waals surface area contributed by atoms with Crippen LogP contribution in [0.2, 0.25) is 0 Å². The number of hydrogen-bond acceptors (Lipinski definition) is 11. The van der Waals surface area contributed by atoms with Gasteiger partial charge in [0.25, 0.3) is 0 Å². The second kappa shape index (κ2) is 16.9. The Morgan fingerprint density at radius 2 is 0.804 bits per heavy atom. The smallest absolute Gasteiger partial charge is 0.303 e. The van der Waals surface area contributed by atoms with E-state index in [2.05, 4.69) is 0 Å². The molecule has 0 bridgehead atoms. The van der Waals surface area contributed by atoms with Crippen molar-refractivity contribution in [1.82, 2.24) is 0 Å². The normalized spacial score (nSPS) is 13.7. The van der Waals surface area contributed by atoms with Crippen LogP contribution in [-0.4, -0.2) is 67.5 Å². The van der Waals surface area contributed by atoms with Gasteiger partial charge in [-0.3, -0.25) is 24.0 Å². The molecule has 0 spiro atoms. The summed E-state index contributed by atoms with van der Waals surface area (Å²) in [6.45, 7) is 4.64. The quantitative estimate of drug-likeness (QED) is 0.134. The Hall–Kier alpha value is -5.03. The van der Waals surface area contributed by atoms with Gasteiger partial charge < -0.3 is 28.4 Å². The van der Waals surface area contributed by atoms with Crippen LogP contribution in [0.1, 0.15) is 51.3 Å². The standard InChI is InChI=1S/C35H38O11/c1-23(36)41-21-31(43-24(2)37)33(45-26(4)39)34(46-27(5)40)32(44-25(3)38)22-42-35(28-15-9-6-10-16-28,29-17-11-7-12-18-29)30-19-13-8-14-20-30/h6-20,31-34H,21-22H2,1-5H3/t31-,32+,33-,34-/m0/s1. The van der Waals surface area contributed by atoms with Crippen molar-refractivity contribution in [3.05, 3.63) is 108 Å². The Morgan fingerprint density at radius 1 is 0.478 bits per heavy atom. The lowest BCUT2D eigenvalue weighted by Gasteiger charge is -2.39. The van der Waals surface area contributed by atoms with E-state index in [1.54, 1.807) is 0 Å². The minimum absolute atomic E-state index is 0.408. The molecule has 0 N–H and O–H groups in total. The average Bonchev–Trinajstić information content (AvgIpc) is 3.01. The van der Waals surface area contributed by atoms with Gasteiger partial charge in [0.2, 0.25) is 0 Å². The SMILES string of the molecule is CC(=O)OC[C@H](OC(C)=O)[C@H](OC(C)=O)[C@@H](OC(C)=O)[C@@H](COC(c1ccccc1)(c1ccccc1)c1ccccc1)OC(C)=O. The zero-order valence-electron chi connectivity index (χ0n) is 26.4. The molecule has 0 aromatic heterocycles. The average molecular weight is 635 g/mol. The van der Waals surface area contributed by atoms with Crippen LogP contribution in [0.25, 0.3) is 0 Å². The third kappa shape index (κ3) is 9.73. The predicted molar refractivity (Wildman–Crippen MR) is 164 cm³/mol. The third-order valence-electron chi connectivity index (χ3n) is 6.75. The van der Waals surface area contributed by atoms with Crippen LogP contribution < -0.4 is 0 Å². The van der Waals surface area contributed by atoms with Crippen LogP contribution in [-0.2, 0) is 58.0 Å². The Morgan fingerprint density at radius 3 is 1.11 bits per heavy atom. The van der Waals surface area contributed by atoms with Gasteiger partial charge in [0, 0.05) is 34.6 Å². The van der Waals surface area contributed by atoms with Crippen LogP contribution >= 0.6 is 0 Å². The van der Waals surface area contributed by atoms with Crippen molar-refractivity contribution < 1.29 is 52.4 Å². The minimum Gasteiger partial charge on any atom is -0.462 e. The molecule has 0 amide bonds. The van der Waals surface area contributed by atoms with E-state index in [4.69, 9.17) is 28.4 Å². The fourth-order valence-corrected chi connectivity index (χ4v) is 5.09. The Labute approximate surface area is 267 Å². The second-order valence-corrected chi connectivity index (χ2v) is 10.3. The molecule has 3 rings (SSSR count). The van der Waals surface area contributed by atoms with E-state index in [1.807, 2.05) is 91.0 Å². The molecule has 0 saturated carbocycles. The molecule has 0 fully saturated rings. The van der Waals surface area contributed by atoms with E-state index in [-0.39, 0.29) is 0 Å². The molecule has 0 heterocycles. The highest BCUT2D eigenvalue weighted by atomic mass is 16.6. The maximum absolute atomic E-state index is 12.5. The maximum atomic E-state index is 12.5. The minimum atomic E-state index is -1.59. The van der Waals surface area contributed by atoms with E-state index in [0.717, 1.165) is 51.3 Å². The number of benzene rings is 3. The van der Waals surface area contributed by atoms with E-state index in [0.29, 0.717) is 0 Å². The third-order valence-corrected chi connectivity index (χ3v) is 6.75. The monoisotopic (exact) mass is 634 g/mol. The number of rotatable bonds is 15. The molecular weight excluding hydrogens is 596 g/mol. The molecule has 0 aliphatic rings. The van der Waals surface area contributed by atoms with Gasteiger partial charge in [-0.15, -0.1) is 0 Å². The zero-order valence-corrected chi connectivity index (χ0v) is 26.4. The fourth-order valence-electron chi connectivity index (χ4n) is 5.09.